The summed E-state index contributed by atoms with van der Waals surface area (Å²) in [6.07, 6.45) is 0. The van der Waals surface area contributed by atoms with Crippen LogP contribution in [0.5, 0.6) is 0 Å². The molecular formula is C21H27N3O5S2. The number of rotatable bonds is 6. The molecule has 0 spiro atoms. The minimum Gasteiger partial charge on any atom is -0.460 e. The smallest absolute Gasteiger partial charge is 0.374 e. The summed E-state index contributed by atoms with van der Waals surface area (Å²) in [5.74, 6) is -0.363. The molecule has 0 saturated carbocycles. The number of carbonyl (C=O) groups is 1. The van der Waals surface area contributed by atoms with Crippen LogP contribution in [0.3, 0.4) is 0 Å². The van der Waals surface area contributed by atoms with Crippen LogP contribution in [0.1, 0.15) is 42.8 Å². The maximum absolute atomic E-state index is 12.8. The van der Waals surface area contributed by atoms with Crippen molar-refractivity contribution in [3.8, 4) is 0 Å². The molecule has 1 saturated heterocycles. The second-order valence-corrected chi connectivity index (χ2v) is 9.69. The van der Waals surface area contributed by atoms with Crippen molar-refractivity contribution in [1.82, 2.24) is 9.21 Å². The van der Waals surface area contributed by atoms with Crippen LogP contribution in [0.15, 0.2) is 45.9 Å². The van der Waals surface area contributed by atoms with E-state index in [2.05, 4.69) is 31.3 Å². The summed E-state index contributed by atoms with van der Waals surface area (Å²) in [4.78, 5) is 13.7. The fourth-order valence-corrected chi connectivity index (χ4v) is 4.82. The normalized spacial score (nSPS) is 15.2. The van der Waals surface area contributed by atoms with Crippen molar-refractivity contribution in [2.75, 3.05) is 38.1 Å². The fourth-order valence-electron chi connectivity index (χ4n) is 3.18. The Kier molecular flexibility index (Phi) is 7.34. The van der Waals surface area contributed by atoms with Crippen molar-refractivity contribution < 1.29 is 22.4 Å². The van der Waals surface area contributed by atoms with Crippen molar-refractivity contribution in [1.29, 1.82) is 0 Å². The van der Waals surface area contributed by atoms with Gasteiger partial charge in [0.25, 0.3) is 10.0 Å². The summed E-state index contributed by atoms with van der Waals surface area (Å²) >= 11 is 5.50. The molecule has 0 bridgehead atoms. The first-order valence-electron chi connectivity index (χ1n) is 10.2. The molecule has 1 N–H and O–H groups in total. The zero-order valence-electron chi connectivity index (χ0n) is 17.8. The second-order valence-electron chi connectivity index (χ2n) is 7.44. The molecule has 168 valence electrons. The van der Waals surface area contributed by atoms with Gasteiger partial charge in [-0.05, 0) is 54.9 Å². The summed E-state index contributed by atoms with van der Waals surface area (Å²) in [6.45, 7) is 7.53. The third-order valence-electron chi connectivity index (χ3n) is 5.01. The summed E-state index contributed by atoms with van der Waals surface area (Å²) < 4.78 is 37.1. The SMILES string of the molecule is CCOC(=O)c1ccc(S(=O)(=O)N2CCN(C(=S)Nc3ccc(C(C)C)cc3)CC2)o1. The number of carbonyl (C=O) groups excluding carboxylic acids is 1. The molecule has 1 aliphatic rings. The van der Waals surface area contributed by atoms with Crippen molar-refractivity contribution in [3.63, 3.8) is 0 Å². The van der Waals surface area contributed by atoms with Crippen LogP contribution in [0.2, 0.25) is 0 Å². The Bertz CT molecular complexity index is 1020. The standard InChI is InChI=1S/C21H27N3O5S2/c1-4-28-20(25)18-9-10-19(29-18)31(26,27)24-13-11-23(12-14-24)21(30)22-17-7-5-16(6-8-17)15(2)3/h5-10,15H,4,11-14H2,1-3H3,(H,22,30). The maximum Gasteiger partial charge on any atom is 0.374 e. The second kappa shape index (κ2) is 9.80. The Morgan fingerprint density at radius 1 is 1.13 bits per heavy atom. The third-order valence-corrected chi connectivity index (χ3v) is 7.14. The van der Waals surface area contributed by atoms with Gasteiger partial charge in [-0.15, -0.1) is 0 Å². The Morgan fingerprint density at radius 2 is 1.77 bits per heavy atom. The van der Waals surface area contributed by atoms with Gasteiger partial charge < -0.3 is 19.4 Å². The number of benzene rings is 1. The highest BCUT2D eigenvalue weighted by molar-refractivity contribution is 7.89. The first-order valence-corrected chi connectivity index (χ1v) is 12.0. The lowest BCUT2D eigenvalue weighted by molar-refractivity contribution is 0.0483. The van der Waals surface area contributed by atoms with Gasteiger partial charge in [0.1, 0.15) is 0 Å². The van der Waals surface area contributed by atoms with Gasteiger partial charge in [0.2, 0.25) is 10.9 Å². The lowest BCUT2D eigenvalue weighted by Crippen LogP contribution is -2.51. The molecule has 31 heavy (non-hydrogen) atoms. The third kappa shape index (κ3) is 5.44. The van der Waals surface area contributed by atoms with Crippen LogP contribution in [-0.2, 0) is 14.8 Å². The predicted molar refractivity (Wildman–Crippen MR) is 122 cm³/mol. The highest BCUT2D eigenvalue weighted by Crippen LogP contribution is 2.22. The van der Waals surface area contributed by atoms with Crippen LogP contribution in [0.4, 0.5) is 5.69 Å². The van der Waals surface area contributed by atoms with Crippen LogP contribution in [0, 0.1) is 0 Å². The number of sulfonamides is 1. The molecule has 0 atom stereocenters. The van der Waals surface area contributed by atoms with E-state index in [1.54, 1.807) is 6.92 Å². The van der Waals surface area contributed by atoms with Crippen LogP contribution in [0.25, 0.3) is 0 Å². The number of ether oxygens (including phenoxy) is 1. The molecule has 1 fully saturated rings. The first kappa shape index (κ1) is 23.2. The number of thiocarbonyl (C=S) groups is 1. The zero-order valence-corrected chi connectivity index (χ0v) is 19.5. The van der Waals surface area contributed by atoms with Gasteiger partial charge in [-0.1, -0.05) is 26.0 Å². The van der Waals surface area contributed by atoms with Gasteiger partial charge in [0.05, 0.1) is 6.61 Å². The van der Waals surface area contributed by atoms with Crippen LogP contribution in [-0.4, -0.2) is 61.5 Å². The van der Waals surface area contributed by atoms with Crippen LogP contribution >= 0.6 is 12.2 Å². The molecular weight excluding hydrogens is 438 g/mol. The summed E-state index contributed by atoms with van der Waals surface area (Å²) in [6, 6.07) is 10.7. The van der Waals surface area contributed by atoms with E-state index in [0.29, 0.717) is 24.1 Å². The molecule has 0 radical (unpaired) electrons. The Morgan fingerprint density at radius 3 is 2.35 bits per heavy atom. The molecule has 10 heteroatoms. The summed E-state index contributed by atoms with van der Waals surface area (Å²) in [7, 11) is -3.84. The van der Waals surface area contributed by atoms with Gasteiger partial charge >= 0.3 is 5.97 Å². The van der Waals surface area contributed by atoms with Crippen LogP contribution < -0.4 is 5.32 Å². The van der Waals surface area contributed by atoms with Gasteiger partial charge in [0, 0.05) is 31.9 Å². The molecule has 0 amide bonds. The fraction of sp³-hybridized carbons (Fsp3) is 0.429. The Hall–Kier alpha value is -2.43. The molecule has 0 aliphatic carbocycles. The number of nitrogens with one attached hydrogen (secondary N) is 1. The molecule has 1 aliphatic heterocycles. The Labute approximate surface area is 188 Å². The number of anilines is 1. The molecule has 2 aromatic rings. The van der Waals surface area contributed by atoms with E-state index in [1.165, 1.54) is 22.0 Å². The number of hydrogen-bond acceptors (Lipinski definition) is 6. The molecule has 8 nitrogen and oxygen atoms in total. The number of esters is 1. The van der Waals surface area contributed by atoms with E-state index in [1.807, 2.05) is 17.0 Å². The van der Waals surface area contributed by atoms with Crippen molar-refractivity contribution in [2.45, 2.75) is 31.8 Å². The Balaban J connectivity index is 1.58. The molecule has 1 aromatic heterocycles. The average Bonchev–Trinajstić information content (AvgIpc) is 3.26. The minimum atomic E-state index is -3.84. The van der Waals surface area contributed by atoms with E-state index in [0.717, 1.165) is 5.69 Å². The predicted octanol–water partition coefficient (Wildman–Crippen LogP) is 3.28. The number of piperazine rings is 1. The lowest BCUT2D eigenvalue weighted by atomic mass is 10.0. The maximum atomic E-state index is 12.8. The number of hydrogen-bond donors (Lipinski definition) is 1. The van der Waals surface area contributed by atoms with E-state index in [4.69, 9.17) is 21.4 Å². The van der Waals surface area contributed by atoms with E-state index < -0.39 is 16.0 Å². The minimum absolute atomic E-state index is 0.132. The molecule has 0 unspecified atom stereocenters. The highest BCUT2D eigenvalue weighted by Gasteiger charge is 2.32. The molecule has 3 rings (SSSR count). The molecule has 2 heterocycles. The van der Waals surface area contributed by atoms with Crippen molar-refractivity contribution >= 4 is 39.0 Å². The van der Waals surface area contributed by atoms with Crippen molar-refractivity contribution in [3.05, 3.63) is 47.7 Å². The lowest BCUT2D eigenvalue weighted by Gasteiger charge is -2.35. The summed E-state index contributed by atoms with van der Waals surface area (Å²) in [5, 5.41) is 3.49. The van der Waals surface area contributed by atoms with Gasteiger partial charge in [-0.25, -0.2) is 13.2 Å². The van der Waals surface area contributed by atoms with E-state index >= 15 is 0 Å². The van der Waals surface area contributed by atoms with Gasteiger partial charge in [-0.2, -0.15) is 4.31 Å². The van der Waals surface area contributed by atoms with E-state index in [-0.39, 0.29) is 30.5 Å². The summed E-state index contributed by atoms with van der Waals surface area (Å²) in [5.41, 5.74) is 2.14. The largest absolute Gasteiger partial charge is 0.460 e. The highest BCUT2D eigenvalue weighted by atomic mass is 32.2. The topological polar surface area (TPSA) is 92.1 Å². The quantitative estimate of drug-likeness (QED) is 0.513. The average molecular weight is 466 g/mol. The first-order chi connectivity index (χ1) is 14.7. The van der Waals surface area contributed by atoms with Gasteiger partial charge in [-0.3, -0.25) is 0 Å². The number of furan rings is 1. The monoisotopic (exact) mass is 465 g/mol. The van der Waals surface area contributed by atoms with E-state index in [9.17, 15) is 13.2 Å². The number of nitrogens with zero attached hydrogens (tertiary/aromatic N) is 2. The zero-order chi connectivity index (χ0) is 22.6. The van der Waals surface area contributed by atoms with Crippen molar-refractivity contribution in [2.24, 2.45) is 0 Å². The molecule has 1 aromatic carbocycles. The van der Waals surface area contributed by atoms with Gasteiger partial charge in [0.15, 0.2) is 5.11 Å².